The van der Waals surface area contributed by atoms with E-state index in [1.807, 2.05) is 30.3 Å². The maximum Gasteiger partial charge on any atom is 0.255 e. The smallest absolute Gasteiger partial charge is 0.255 e. The lowest BCUT2D eigenvalue weighted by Crippen LogP contribution is -2.13. The molecule has 1 saturated carbocycles. The second-order valence-electron chi connectivity index (χ2n) is 7.86. The topological polar surface area (TPSA) is 60.5 Å². The number of benzene rings is 2. The molecule has 1 fully saturated rings. The molecule has 2 aromatic carbocycles. The number of methoxy groups -OCH3 is 1. The molecule has 5 nitrogen and oxygen atoms in total. The Labute approximate surface area is 183 Å². The Morgan fingerprint density at radius 3 is 2.61 bits per heavy atom. The van der Waals surface area contributed by atoms with E-state index in [1.54, 1.807) is 31.6 Å². The number of nitrogens with one attached hydrogen (secondary N) is 1. The maximum atomic E-state index is 12.6. The Bertz CT molecular complexity index is 1010. The van der Waals surface area contributed by atoms with Crippen molar-refractivity contribution in [1.29, 1.82) is 0 Å². The zero-order chi connectivity index (χ0) is 21.5. The number of ether oxygens (including phenoxy) is 2. The third-order valence-corrected chi connectivity index (χ3v) is 5.70. The minimum atomic E-state index is -0.133. The van der Waals surface area contributed by atoms with Gasteiger partial charge in [0.25, 0.3) is 5.91 Å². The van der Waals surface area contributed by atoms with Gasteiger partial charge in [0.2, 0.25) is 0 Å². The molecule has 1 aliphatic rings. The molecule has 0 radical (unpaired) electrons. The summed E-state index contributed by atoms with van der Waals surface area (Å²) in [6.45, 7) is 0. The summed E-state index contributed by atoms with van der Waals surface area (Å²) in [5.41, 5.74) is 3.59. The van der Waals surface area contributed by atoms with Crippen LogP contribution in [0.1, 0.15) is 47.2 Å². The van der Waals surface area contributed by atoms with Crippen molar-refractivity contribution in [3.8, 4) is 11.5 Å². The molecule has 0 spiro atoms. The van der Waals surface area contributed by atoms with Crippen molar-refractivity contribution < 1.29 is 14.3 Å². The molecule has 1 amide bonds. The zero-order valence-electron chi connectivity index (χ0n) is 17.8. The fourth-order valence-corrected chi connectivity index (χ4v) is 3.97. The summed E-state index contributed by atoms with van der Waals surface area (Å²) in [6.07, 6.45) is 10.0. The quantitative estimate of drug-likeness (QED) is 0.530. The first kappa shape index (κ1) is 20.9. The molecule has 1 aliphatic carbocycles. The Balaban J connectivity index is 1.45. The average Bonchev–Trinajstić information content (AvgIpc) is 3.32. The van der Waals surface area contributed by atoms with Crippen LogP contribution in [-0.4, -0.2) is 24.1 Å². The van der Waals surface area contributed by atoms with Crippen LogP contribution < -0.4 is 14.8 Å². The molecule has 1 N–H and O–H groups in total. The second kappa shape index (κ2) is 10.1. The SMILES string of the molecule is COc1ccc(CCc2ccncc2NC(=O)c2ccccc2)cc1OC1CCCC1. The highest BCUT2D eigenvalue weighted by molar-refractivity contribution is 6.04. The van der Waals surface area contributed by atoms with Crippen molar-refractivity contribution in [2.75, 3.05) is 12.4 Å². The Kier molecular flexibility index (Phi) is 6.82. The fourth-order valence-electron chi connectivity index (χ4n) is 3.97. The van der Waals surface area contributed by atoms with E-state index in [0.29, 0.717) is 5.56 Å². The molecule has 3 aromatic rings. The van der Waals surface area contributed by atoms with Crippen LogP contribution in [0.3, 0.4) is 0 Å². The van der Waals surface area contributed by atoms with Gasteiger partial charge in [-0.15, -0.1) is 0 Å². The van der Waals surface area contributed by atoms with E-state index in [-0.39, 0.29) is 12.0 Å². The number of carbonyl (C=O) groups excluding carboxylic acids is 1. The van der Waals surface area contributed by atoms with Crippen molar-refractivity contribution in [2.45, 2.75) is 44.6 Å². The number of nitrogens with zero attached hydrogens (tertiary/aromatic N) is 1. The molecule has 1 heterocycles. The van der Waals surface area contributed by atoms with Crippen LogP contribution in [0, 0.1) is 0 Å². The first-order valence-corrected chi connectivity index (χ1v) is 10.9. The van der Waals surface area contributed by atoms with E-state index in [4.69, 9.17) is 9.47 Å². The number of aromatic nitrogens is 1. The highest BCUT2D eigenvalue weighted by Gasteiger charge is 2.18. The van der Waals surface area contributed by atoms with Crippen LogP contribution in [0.2, 0.25) is 0 Å². The fraction of sp³-hybridized carbons (Fsp3) is 0.308. The van der Waals surface area contributed by atoms with Gasteiger partial charge in [0.1, 0.15) is 0 Å². The molecular formula is C26H28N2O3. The van der Waals surface area contributed by atoms with E-state index in [2.05, 4.69) is 22.4 Å². The first-order valence-electron chi connectivity index (χ1n) is 10.9. The number of hydrogen-bond acceptors (Lipinski definition) is 4. The molecule has 31 heavy (non-hydrogen) atoms. The predicted molar refractivity (Wildman–Crippen MR) is 122 cm³/mol. The Morgan fingerprint density at radius 2 is 1.84 bits per heavy atom. The van der Waals surface area contributed by atoms with Gasteiger partial charge in [-0.2, -0.15) is 0 Å². The Morgan fingerprint density at radius 1 is 1.03 bits per heavy atom. The first-order chi connectivity index (χ1) is 15.2. The van der Waals surface area contributed by atoms with Crippen LogP contribution in [0.5, 0.6) is 11.5 Å². The summed E-state index contributed by atoms with van der Waals surface area (Å²) < 4.78 is 11.7. The third kappa shape index (κ3) is 5.43. The maximum absolute atomic E-state index is 12.6. The van der Waals surface area contributed by atoms with Crippen molar-refractivity contribution in [3.63, 3.8) is 0 Å². The van der Waals surface area contributed by atoms with E-state index in [9.17, 15) is 4.79 Å². The van der Waals surface area contributed by atoms with Crippen molar-refractivity contribution in [1.82, 2.24) is 4.98 Å². The number of carbonyl (C=O) groups is 1. The lowest BCUT2D eigenvalue weighted by molar-refractivity contribution is 0.102. The monoisotopic (exact) mass is 416 g/mol. The van der Waals surface area contributed by atoms with Crippen LogP contribution in [-0.2, 0) is 12.8 Å². The minimum Gasteiger partial charge on any atom is -0.493 e. The molecule has 160 valence electrons. The van der Waals surface area contributed by atoms with Crippen molar-refractivity contribution in [3.05, 3.63) is 83.7 Å². The molecular weight excluding hydrogens is 388 g/mol. The summed E-state index contributed by atoms with van der Waals surface area (Å²) in [4.78, 5) is 16.7. The number of hydrogen-bond donors (Lipinski definition) is 1. The van der Waals surface area contributed by atoms with E-state index in [0.717, 1.165) is 48.4 Å². The number of rotatable bonds is 8. The van der Waals surface area contributed by atoms with E-state index >= 15 is 0 Å². The van der Waals surface area contributed by atoms with Gasteiger partial charge in [-0.25, -0.2) is 0 Å². The highest BCUT2D eigenvalue weighted by Crippen LogP contribution is 2.33. The van der Waals surface area contributed by atoms with E-state index < -0.39 is 0 Å². The third-order valence-electron chi connectivity index (χ3n) is 5.70. The average molecular weight is 417 g/mol. The largest absolute Gasteiger partial charge is 0.493 e. The van der Waals surface area contributed by atoms with Gasteiger partial charge < -0.3 is 14.8 Å². The number of aryl methyl sites for hydroxylation is 2. The lowest BCUT2D eigenvalue weighted by atomic mass is 10.0. The van der Waals surface area contributed by atoms with Gasteiger partial charge in [0.15, 0.2) is 11.5 Å². The van der Waals surface area contributed by atoms with Gasteiger partial charge >= 0.3 is 0 Å². The molecule has 4 rings (SSSR count). The summed E-state index contributed by atoms with van der Waals surface area (Å²) in [6, 6.07) is 17.3. The summed E-state index contributed by atoms with van der Waals surface area (Å²) in [5, 5.41) is 2.99. The standard InChI is InChI=1S/C26H28N2O3/c1-30-24-14-12-19(17-25(24)31-22-9-5-6-10-22)11-13-20-15-16-27-18-23(20)28-26(29)21-7-3-2-4-8-21/h2-4,7-8,12,14-18,22H,5-6,9-11,13H2,1H3,(H,28,29). The zero-order valence-corrected chi connectivity index (χ0v) is 17.8. The normalized spacial score (nSPS) is 13.7. The molecule has 5 heteroatoms. The molecule has 0 atom stereocenters. The van der Waals surface area contributed by atoms with Crippen molar-refractivity contribution >= 4 is 11.6 Å². The van der Waals surface area contributed by atoms with Gasteiger partial charge in [-0.1, -0.05) is 24.3 Å². The van der Waals surface area contributed by atoms with Crippen LogP contribution in [0.4, 0.5) is 5.69 Å². The Hall–Kier alpha value is -3.34. The lowest BCUT2D eigenvalue weighted by Gasteiger charge is -2.17. The van der Waals surface area contributed by atoms with E-state index in [1.165, 1.54) is 18.4 Å². The number of pyridine rings is 1. The second-order valence-corrected chi connectivity index (χ2v) is 7.86. The molecule has 0 unspecified atom stereocenters. The summed E-state index contributed by atoms with van der Waals surface area (Å²) >= 11 is 0. The van der Waals surface area contributed by atoms with Crippen LogP contribution in [0.25, 0.3) is 0 Å². The summed E-state index contributed by atoms with van der Waals surface area (Å²) in [7, 11) is 1.68. The highest BCUT2D eigenvalue weighted by atomic mass is 16.5. The molecule has 0 saturated heterocycles. The van der Waals surface area contributed by atoms with Crippen molar-refractivity contribution in [2.24, 2.45) is 0 Å². The van der Waals surface area contributed by atoms with Gasteiger partial charge in [-0.05, 0) is 80.0 Å². The summed E-state index contributed by atoms with van der Waals surface area (Å²) in [5.74, 6) is 1.46. The van der Waals surface area contributed by atoms with Crippen LogP contribution >= 0.6 is 0 Å². The molecule has 1 aromatic heterocycles. The van der Waals surface area contributed by atoms with Gasteiger partial charge in [0.05, 0.1) is 25.1 Å². The molecule has 0 bridgehead atoms. The molecule has 0 aliphatic heterocycles. The minimum absolute atomic E-state index is 0.133. The van der Waals surface area contributed by atoms with Gasteiger partial charge in [0, 0.05) is 11.8 Å². The predicted octanol–water partition coefficient (Wildman–Crippen LogP) is 5.45. The number of anilines is 1. The van der Waals surface area contributed by atoms with Crippen LogP contribution in [0.15, 0.2) is 67.0 Å². The number of amides is 1. The van der Waals surface area contributed by atoms with Gasteiger partial charge in [-0.3, -0.25) is 9.78 Å².